The molecule has 8 heteroatoms. The van der Waals surface area contributed by atoms with Gasteiger partial charge in [-0.3, -0.25) is 19.4 Å². The third-order valence-electron chi connectivity index (χ3n) is 5.20. The van der Waals surface area contributed by atoms with Gasteiger partial charge in [0.2, 0.25) is 6.41 Å². The van der Waals surface area contributed by atoms with Gasteiger partial charge in [-0.05, 0) is 32.0 Å². The number of rotatable bonds is 3. The van der Waals surface area contributed by atoms with Gasteiger partial charge in [-0.1, -0.05) is 18.2 Å². The number of aromatic amines is 1. The van der Waals surface area contributed by atoms with Crippen molar-refractivity contribution in [2.45, 2.75) is 19.9 Å². The summed E-state index contributed by atoms with van der Waals surface area (Å²) in [7, 11) is 0. The lowest BCUT2D eigenvalue weighted by atomic mass is 10.1. The number of hydrogen-bond donors (Lipinski definition) is 1. The van der Waals surface area contributed by atoms with Crippen molar-refractivity contribution in [2.24, 2.45) is 0 Å². The van der Waals surface area contributed by atoms with Gasteiger partial charge in [0, 0.05) is 49.0 Å². The molecule has 3 aromatic rings. The molecule has 2 amide bonds. The van der Waals surface area contributed by atoms with Crippen LogP contribution in [0.2, 0.25) is 0 Å². The molecule has 0 aliphatic carbocycles. The maximum atomic E-state index is 12.1. The largest absolute Gasteiger partial charge is 0.359 e. The van der Waals surface area contributed by atoms with Crippen LogP contribution >= 0.6 is 0 Å². The zero-order chi connectivity index (χ0) is 22.4. The summed E-state index contributed by atoms with van der Waals surface area (Å²) in [6, 6.07) is 12.8. The van der Waals surface area contributed by atoms with E-state index in [4.69, 9.17) is 5.26 Å². The summed E-state index contributed by atoms with van der Waals surface area (Å²) in [6.45, 7) is 5.17. The maximum absolute atomic E-state index is 12.1. The molecule has 31 heavy (non-hydrogen) atoms. The standard InChI is InChI=1S/C12H15N3O2.C11H8N2O/c1-10-8-14(6-7-15(10)9-16)12(17)11-4-2-3-5-13-11;1-7(14)10-6-13-11-8(5-12)3-2-4-9(10)11/h2-5,9-10H,6-8H2,1H3;2-4,6,13H,1H3. The number of benzene rings is 1. The normalized spacial score (nSPS) is 15.6. The number of nitriles is 1. The van der Waals surface area contributed by atoms with E-state index in [1.807, 2.05) is 13.0 Å². The Labute approximate surface area is 180 Å². The highest BCUT2D eigenvalue weighted by molar-refractivity contribution is 6.07. The van der Waals surface area contributed by atoms with E-state index in [0.29, 0.717) is 36.5 Å². The average molecular weight is 417 g/mol. The first-order valence-corrected chi connectivity index (χ1v) is 9.88. The number of hydrogen-bond acceptors (Lipinski definition) is 5. The number of aromatic nitrogens is 2. The Morgan fingerprint density at radius 3 is 2.65 bits per heavy atom. The van der Waals surface area contributed by atoms with Crippen molar-refractivity contribution in [3.63, 3.8) is 0 Å². The van der Waals surface area contributed by atoms with Crippen LogP contribution in [0.4, 0.5) is 0 Å². The second-order valence-corrected chi connectivity index (χ2v) is 7.26. The fourth-order valence-electron chi connectivity index (χ4n) is 3.50. The van der Waals surface area contributed by atoms with Gasteiger partial charge in [0.1, 0.15) is 11.8 Å². The first kappa shape index (κ1) is 21.7. The Hall–Kier alpha value is -3.99. The lowest BCUT2D eigenvalue weighted by Gasteiger charge is -2.37. The summed E-state index contributed by atoms with van der Waals surface area (Å²) < 4.78 is 0. The van der Waals surface area contributed by atoms with Crippen LogP contribution in [0.15, 0.2) is 48.8 Å². The Morgan fingerprint density at radius 1 is 1.23 bits per heavy atom. The summed E-state index contributed by atoms with van der Waals surface area (Å²) >= 11 is 0. The Kier molecular flexibility index (Phi) is 6.78. The van der Waals surface area contributed by atoms with Crippen LogP contribution in [0.25, 0.3) is 10.9 Å². The number of amides is 2. The summed E-state index contributed by atoms with van der Waals surface area (Å²) in [6.07, 6.45) is 4.10. The highest BCUT2D eigenvalue weighted by atomic mass is 16.2. The molecule has 0 radical (unpaired) electrons. The van der Waals surface area contributed by atoms with Crippen LogP contribution in [-0.4, -0.2) is 63.5 Å². The number of piperazine rings is 1. The highest BCUT2D eigenvalue weighted by Crippen LogP contribution is 2.21. The van der Waals surface area contributed by atoms with Crippen LogP contribution in [0, 0.1) is 11.3 Å². The van der Waals surface area contributed by atoms with Gasteiger partial charge in [0.15, 0.2) is 5.78 Å². The number of nitrogens with zero attached hydrogens (tertiary/aromatic N) is 4. The zero-order valence-electron chi connectivity index (χ0n) is 17.4. The molecular weight excluding hydrogens is 394 g/mol. The number of fused-ring (bicyclic) bond motifs is 1. The highest BCUT2D eigenvalue weighted by Gasteiger charge is 2.26. The summed E-state index contributed by atoms with van der Waals surface area (Å²) in [5.41, 5.74) is 2.39. The number of H-pyrrole nitrogens is 1. The molecule has 158 valence electrons. The van der Waals surface area contributed by atoms with E-state index in [1.54, 1.807) is 52.5 Å². The smallest absolute Gasteiger partial charge is 0.272 e. The number of carbonyl (C=O) groups is 3. The van der Waals surface area contributed by atoms with E-state index in [1.165, 1.54) is 6.92 Å². The molecule has 1 atom stereocenters. The van der Waals surface area contributed by atoms with Crippen molar-refractivity contribution >= 4 is 29.0 Å². The van der Waals surface area contributed by atoms with Crippen LogP contribution in [0.3, 0.4) is 0 Å². The molecule has 4 rings (SSSR count). The van der Waals surface area contributed by atoms with E-state index < -0.39 is 0 Å². The molecule has 0 spiro atoms. The Balaban J connectivity index is 0.000000179. The van der Waals surface area contributed by atoms with Crippen molar-refractivity contribution in [2.75, 3.05) is 19.6 Å². The maximum Gasteiger partial charge on any atom is 0.272 e. The number of Topliss-reactive ketones (excluding diaryl/α,β-unsaturated/α-hetero) is 1. The Bertz CT molecular complexity index is 1130. The summed E-state index contributed by atoms with van der Waals surface area (Å²) in [4.78, 5) is 44.5. The number of nitrogens with one attached hydrogen (secondary N) is 1. The van der Waals surface area contributed by atoms with E-state index in [2.05, 4.69) is 16.0 Å². The van der Waals surface area contributed by atoms with Gasteiger partial charge < -0.3 is 14.8 Å². The van der Waals surface area contributed by atoms with E-state index >= 15 is 0 Å². The van der Waals surface area contributed by atoms with Crippen molar-refractivity contribution in [3.8, 4) is 6.07 Å². The van der Waals surface area contributed by atoms with Gasteiger partial charge >= 0.3 is 0 Å². The number of para-hydroxylation sites is 1. The lowest BCUT2D eigenvalue weighted by Crippen LogP contribution is -2.53. The van der Waals surface area contributed by atoms with Crippen molar-refractivity contribution < 1.29 is 14.4 Å². The number of pyridine rings is 1. The second-order valence-electron chi connectivity index (χ2n) is 7.26. The van der Waals surface area contributed by atoms with Gasteiger partial charge in [-0.2, -0.15) is 5.26 Å². The molecule has 1 aliphatic rings. The quantitative estimate of drug-likeness (QED) is 0.520. The minimum Gasteiger partial charge on any atom is -0.359 e. The van der Waals surface area contributed by atoms with Gasteiger partial charge in [-0.25, -0.2) is 0 Å². The fraction of sp³-hybridized carbons (Fsp3) is 0.261. The first-order valence-electron chi connectivity index (χ1n) is 9.88. The number of carbonyl (C=O) groups excluding carboxylic acids is 3. The molecule has 1 fully saturated rings. The molecule has 2 aromatic heterocycles. The van der Waals surface area contributed by atoms with Crippen molar-refractivity contribution in [3.05, 3.63) is 65.6 Å². The third-order valence-corrected chi connectivity index (χ3v) is 5.20. The third kappa shape index (κ3) is 4.78. The second kappa shape index (κ2) is 9.67. The lowest BCUT2D eigenvalue weighted by molar-refractivity contribution is -0.121. The average Bonchev–Trinajstić information content (AvgIpc) is 3.24. The molecule has 8 nitrogen and oxygen atoms in total. The topological polar surface area (TPSA) is 110 Å². The summed E-state index contributed by atoms with van der Waals surface area (Å²) in [5.74, 6) is -0.0608. The minimum absolute atomic E-state index is 0.00587. The van der Waals surface area contributed by atoms with Crippen molar-refractivity contribution in [1.29, 1.82) is 5.26 Å². The number of ketones is 1. The van der Waals surface area contributed by atoms with Crippen LogP contribution in [0.1, 0.15) is 40.3 Å². The van der Waals surface area contributed by atoms with Gasteiger partial charge in [-0.15, -0.1) is 0 Å². The molecular formula is C23H23N5O3. The van der Waals surface area contributed by atoms with Crippen LogP contribution in [-0.2, 0) is 4.79 Å². The molecule has 1 aromatic carbocycles. The van der Waals surface area contributed by atoms with Crippen LogP contribution < -0.4 is 0 Å². The van der Waals surface area contributed by atoms with Crippen LogP contribution in [0.5, 0.6) is 0 Å². The predicted molar refractivity (Wildman–Crippen MR) is 115 cm³/mol. The van der Waals surface area contributed by atoms with E-state index in [-0.39, 0.29) is 17.7 Å². The predicted octanol–water partition coefficient (Wildman–Crippen LogP) is 2.63. The molecule has 3 heterocycles. The van der Waals surface area contributed by atoms with Crippen molar-refractivity contribution in [1.82, 2.24) is 19.8 Å². The first-order chi connectivity index (χ1) is 15.0. The van der Waals surface area contributed by atoms with E-state index in [0.717, 1.165) is 17.3 Å². The van der Waals surface area contributed by atoms with Gasteiger partial charge in [0.05, 0.1) is 11.1 Å². The minimum atomic E-state index is -0.0667. The molecule has 1 saturated heterocycles. The molecule has 0 bridgehead atoms. The molecule has 1 N–H and O–H groups in total. The molecule has 0 saturated carbocycles. The fourth-order valence-corrected chi connectivity index (χ4v) is 3.50. The summed E-state index contributed by atoms with van der Waals surface area (Å²) in [5, 5.41) is 9.64. The zero-order valence-corrected chi connectivity index (χ0v) is 17.4. The molecule has 1 aliphatic heterocycles. The Morgan fingerprint density at radius 2 is 2.03 bits per heavy atom. The van der Waals surface area contributed by atoms with Gasteiger partial charge in [0.25, 0.3) is 5.91 Å². The molecule has 1 unspecified atom stereocenters. The monoisotopic (exact) mass is 417 g/mol. The SMILES string of the molecule is CC(=O)c1c[nH]c2c(C#N)cccc12.CC1CN(C(=O)c2ccccn2)CCN1C=O. The van der Waals surface area contributed by atoms with E-state index in [9.17, 15) is 14.4 Å².